The van der Waals surface area contributed by atoms with Crippen molar-refractivity contribution in [1.82, 2.24) is 0 Å². The van der Waals surface area contributed by atoms with Gasteiger partial charge in [0.1, 0.15) is 11.5 Å². The molecule has 1 saturated carbocycles. The summed E-state index contributed by atoms with van der Waals surface area (Å²) in [7, 11) is 0. The molecule has 2 N–H and O–H groups in total. The molecule has 0 unspecified atom stereocenters. The molecule has 0 bridgehead atoms. The van der Waals surface area contributed by atoms with Gasteiger partial charge in [-0.05, 0) is 98.3 Å². The summed E-state index contributed by atoms with van der Waals surface area (Å²) < 4.78 is 0. The van der Waals surface area contributed by atoms with Crippen LogP contribution in [0.3, 0.4) is 0 Å². The highest BCUT2D eigenvalue weighted by molar-refractivity contribution is 5.69. The van der Waals surface area contributed by atoms with Crippen molar-refractivity contribution in [1.29, 1.82) is 0 Å². The molecular formula is C43H66O2. The first-order valence-corrected chi connectivity index (χ1v) is 17.4. The lowest BCUT2D eigenvalue weighted by Crippen LogP contribution is -2.19. The van der Waals surface area contributed by atoms with E-state index in [-0.39, 0.29) is 23.1 Å². The fourth-order valence-electron chi connectivity index (χ4n) is 6.51. The van der Waals surface area contributed by atoms with Crippen LogP contribution in [0, 0.1) is 5.92 Å². The number of phenols is 2. The molecule has 0 atom stereocenters. The first-order valence-electron chi connectivity index (χ1n) is 17.4. The summed E-state index contributed by atoms with van der Waals surface area (Å²) in [6.45, 7) is 30.6. The normalized spacial score (nSPS) is 17.9. The van der Waals surface area contributed by atoms with Crippen LogP contribution < -0.4 is 0 Å². The van der Waals surface area contributed by atoms with Crippen molar-refractivity contribution < 1.29 is 11.6 Å². The minimum absolute atomic E-state index is 0. The van der Waals surface area contributed by atoms with Crippen LogP contribution in [-0.2, 0) is 28.1 Å². The molecule has 4 rings (SSSR count). The van der Waals surface area contributed by atoms with Crippen molar-refractivity contribution in [3.63, 3.8) is 0 Å². The Morgan fingerprint density at radius 2 is 0.911 bits per heavy atom. The Labute approximate surface area is 278 Å². The Hall–Kier alpha value is -2.74. The van der Waals surface area contributed by atoms with Crippen molar-refractivity contribution in [3.05, 3.63) is 81.9 Å². The van der Waals surface area contributed by atoms with Gasteiger partial charge in [0.15, 0.2) is 0 Å². The maximum atomic E-state index is 10.8. The number of hydrogen-bond acceptors (Lipinski definition) is 2. The number of aromatic hydroxyl groups is 2. The van der Waals surface area contributed by atoms with Crippen molar-refractivity contribution >= 4 is 0 Å². The largest absolute Gasteiger partial charge is 0.507 e. The first-order chi connectivity index (χ1) is 20.5. The summed E-state index contributed by atoms with van der Waals surface area (Å²) in [6, 6.07) is 17.6. The number of phenolic OH excluding ortho intramolecular Hbond substituents is 2. The van der Waals surface area contributed by atoms with Gasteiger partial charge >= 0.3 is 0 Å². The summed E-state index contributed by atoms with van der Waals surface area (Å²) >= 11 is 0. The fourth-order valence-corrected chi connectivity index (χ4v) is 6.51. The lowest BCUT2D eigenvalue weighted by molar-refractivity contribution is 0.346. The standard InChI is InChI=1S/C22H30O.C21H34O.H2/c1-8-15-9-11-16(12-10-15)17-13-18(21(2,3)4)20(23)19(14-17)22(5,6)7;1-14-8-10-15(11-9-14)16-12-17(20(2,3)4)19(22)18(13-16)21(5,6)7;/h9-14,23H,8H2,1-7H3;12-15,22H,8-11H2,1-7H3;1H. The van der Waals surface area contributed by atoms with E-state index in [0.717, 1.165) is 34.6 Å². The summed E-state index contributed by atoms with van der Waals surface area (Å²) in [6.07, 6.45) is 6.30. The summed E-state index contributed by atoms with van der Waals surface area (Å²) in [4.78, 5) is 0. The zero-order valence-corrected chi connectivity index (χ0v) is 31.2. The van der Waals surface area contributed by atoms with Crippen LogP contribution in [0.25, 0.3) is 11.1 Å². The average Bonchev–Trinajstić information content (AvgIpc) is 2.91. The van der Waals surface area contributed by atoms with Crippen LogP contribution in [0.5, 0.6) is 11.5 Å². The van der Waals surface area contributed by atoms with Gasteiger partial charge < -0.3 is 10.2 Å². The molecule has 0 saturated heterocycles. The van der Waals surface area contributed by atoms with Crippen molar-refractivity contribution in [2.24, 2.45) is 5.92 Å². The number of rotatable bonds is 3. The van der Waals surface area contributed by atoms with E-state index in [1.54, 1.807) is 0 Å². The van der Waals surface area contributed by atoms with E-state index in [1.165, 1.54) is 47.9 Å². The molecule has 250 valence electrons. The molecule has 1 fully saturated rings. The molecule has 0 radical (unpaired) electrons. The van der Waals surface area contributed by atoms with Gasteiger partial charge in [-0.25, -0.2) is 0 Å². The van der Waals surface area contributed by atoms with Crippen molar-refractivity contribution in [2.45, 2.75) is 157 Å². The summed E-state index contributed by atoms with van der Waals surface area (Å²) in [5.41, 5.74) is 9.18. The van der Waals surface area contributed by atoms with Crippen molar-refractivity contribution in [3.8, 4) is 22.6 Å². The molecule has 45 heavy (non-hydrogen) atoms. The zero-order valence-electron chi connectivity index (χ0n) is 31.2. The lowest BCUT2D eigenvalue weighted by atomic mass is 9.74. The lowest BCUT2D eigenvalue weighted by Gasteiger charge is -2.32. The Morgan fingerprint density at radius 1 is 0.556 bits per heavy atom. The molecule has 0 spiro atoms. The predicted octanol–water partition coefficient (Wildman–Crippen LogP) is 12.7. The molecule has 0 amide bonds. The molecule has 1 aliphatic carbocycles. The van der Waals surface area contributed by atoms with Crippen LogP contribution in [0.4, 0.5) is 0 Å². The van der Waals surface area contributed by atoms with Gasteiger partial charge in [0.25, 0.3) is 0 Å². The van der Waals surface area contributed by atoms with E-state index in [1.807, 2.05) is 0 Å². The van der Waals surface area contributed by atoms with E-state index in [2.05, 4.69) is 145 Å². The Morgan fingerprint density at radius 3 is 1.24 bits per heavy atom. The highest BCUT2D eigenvalue weighted by Crippen LogP contribution is 2.45. The Kier molecular flexibility index (Phi) is 11.1. The van der Waals surface area contributed by atoms with E-state index in [9.17, 15) is 10.2 Å². The van der Waals surface area contributed by atoms with E-state index < -0.39 is 0 Å². The summed E-state index contributed by atoms with van der Waals surface area (Å²) in [5, 5.41) is 21.6. The van der Waals surface area contributed by atoms with E-state index >= 15 is 0 Å². The molecule has 2 nitrogen and oxygen atoms in total. The Balaban J connectivity index is 0.000000314. The SMILES string of the molecule is CC1CCC(c2cc(C(C)(C)C)c(O)c(C(C)(C)C)c2)CC1.CCc1ccc(-c2cc(C(C)(C)C)c(O)c(C(C)(C)C)c2)cc1.[HH]. The van der Waals surface area contributed by atoms with Crippen molar-refractivity contribution in [2.75, 3.05) is 0 Å². The average molecular weight is 615 g/mol. The molecule has 1 aliphatic rings. The van der Waals surface area contributed by atoms with Crippen LogP contribution in [0.1, 0.15) is 163 Å². The van der Waals surface area contributed by atoms with Gasteiger partial charge in [-0.1, -0.05) is 146 Å². The fraction of sp³-hybridized carbons (Fsp3) is 0.581. The third-order valence-corrected chi connectivity index (χ3v) is 9.66. The second-order valence-corrected chi connectivity index (χ2v) is 17.9. The van der Waals surface area contributed by atoms with E-state index in [4.69, 9.17) is 0 Å². The van der Waals surface area contributed by atoms with Crippen LogP contribution in [-0.4, -0.2) is 10.2 Å². The number of hydrogen-bond donors (Lipinski definition) is 2. The molecule has 0 aliphatic heterocycles. The molecule has 2 heteroatoms. The van der Waals surface area contributed by atoms with Gasteiger partial charge in [0.2, 0.25) is 0 Å². The monoisotopic (exact) mass is 615 g/mol. The first kappa shape index (κ1) is 36.7. The second kappa shape index (κ2) is 13.5. The quantitative estimate of drug-likeness (QED) is 0.308. The van der Waals surface area contributed by atoms with Crippen LogP contribution >= 0.6 is 0 Å². The van der Waals surface area contributed by atoms with Gasteiger partial charge in [-0.3, -0.25) is 0 Å². The third kappa shape index (κ3) is 9.17. The number of benzene rings is 3. The Bertz CT molecular complexity index is 1360. The van der Waals surface area contributed by atoms with E-state index in [0.29, 0.717) is 17.4 Å². The molecule has 3 aromatic carbocycles. The topological polar surface area (TPSA) is 40.5 Å². The second-order valence-electron chi connectivity index (χ2n) is 17.9. The highest BCUT2D eigenvalue weighted by Gasteiger charge is 2.30. The van der Waals surface area contributed by atoms with Gasteiger partial charge in [-0.15, -0.1) is 0 Å². The smallest absolute Gasteiger partial charge is 0.123 e. The molecule has 0 aromatic heterocycles. The van der Waals surface area contributed by atoms with Gasteiger partial charge in [0.05, 0.1) is 0 Å². The molecular weight excluding hydrogens is 548 g/mol. The van der Waals surface area contributed by atoms with Gasteiger partial charge in [-0.2, -0.15) is 0 Å². The van der Waals surface area contributed by atoms with Crippen LogP contribution in [0.15, 0.2) is 48.5 Å². The highest BCUT2D eigenvalue weighted by atomic mass is 16.3. The third-order valence-electron chi connectivity index (χ3n) is 9.66. The maximum absolute atomic E-state index is 10.8. The minimum Gasteiger partial charge on any atom is -0.507 e. The van der Waals surface area contributed by atoms with Gasteiger partial charge in [0, 0.05) is 12.6 Å². The number of aryl methyl sites for hydroxylation is 1. The zero-order chi connectivity index (χ0) is 34.1. The predicted molar refractivity (Wildman–Crippen MR) is 198 cm³/mol. The summed E-state index contributed by atoms with van der Waals surface area (Å²) in [5.74, 6) is 2.49. The van der Waals surface area contributed by atoms with Crippen LogP contribution in [0.2, 0.25) is 0 Å². The maximum Gasteiger partial charge on any atom is 0.123 e. The molecule has 0 heterocycles. The minimum atomic E-state index is -0.0938. The molecule has 3 aromatic rings.